The number of fused-ring (bicyclic) bond motifs is 6. The fourth-order valence-electron chi connectivity index (χ4n) is 7.69. The second kappa shape index (κ2) is 14.5. The van der Waals surface area contributed by atoms with E-state index in [4.69, 9.17) is 4.74 Å². The molecular formula is C40H41N7O4. The molecule has 0 aliphatic carbocycles. The lowest BCUT2D eigenvalue weighted by Gasteiger charge is -2.21. The van der Waals surface area contributed by atoms with Crippen LogP contribution in [0.4, 0.5) is 5.69 Å². The Bertz CT molecular complexity index is 2080. The molecule has 11 nitrogen and oxygen atoms in total. The van der Waals surface area contributed by atoms with Gasteiger partial charge in [-0.2, -0.15) is 0 Å². The van der Waals surface area contributed by atoms with Crippen LogP contribution in [0.25, 0.3) is 22.5 Å². The van der Waals surface area contributed by atoms with Gasteiger partial charge in [-0.1, -0.05) is 60.7 Å². The van der Waals surface area contributed by atoms with Gasteiger partial charge in [0.1, 0.15) is 11.9 Å². The Labute approximate surface area is 296 Å². The molecule has 0 radical (unpaired) electrons. The fourth-order valence-corrected chi connectivity index (χ4v) is 7.69. The third-order valence-corrected chi connectivity index (χ3v) is 10.3. The number of aromatic nitrogens is 6. The molecule has 6 aromatic rings. The smallest absolute Gasteiger partial charge is 0.224 e. The molecule has 260 valence electrons. The van der Waals surface area contributed by atoms with Gasteiger partial charge in [0.15, 0.2) is 0 Å². The first-order chi connectivity index (χ1) is 25.0. The standard InChI is InChI=1S/C25H27N3O3.C15H14N4O/c29-24(14-22-20-3-1-2-4-21(20)23-15-26-16-28(22)23)18-5-7-19(8-6-18)27-25(30)13-17-9-11-31-12-10-17;20-14(15-17-5-6-18-15)7-12-10-3-1-2-4-11(10)13-8-16-9-19(12)13/h1-8,15-17,22,24,29H,9-14H2,(H,27,30);1-6,8-9,12,14,20H,7H2,(H,17,18). The predicted molar refractivity (Wildman–Crippen MR) is 193 cm³/mol. The van der Waals surface area contributed by atoms with Gasteiger partial charge in [0.05, 0.1) is 54.6 Å². The number of imidazole rings is 3. The van der Waals surface area contributed by atoms with E-state index in [1.807, 2.05) is 73.6 Å². The van der Waals surface area contributed by atoms with Crippen molar-refractivity contribution in [2.24, 2.45) is 5.92 Å². The van der Waals surface area contributed by atoms with Gasteiger partial charge in [-0.15, -0.1) is 0 Å². The second-order valence-corrected chi connectivity index (χ2v) is 13.5. The molecule has 3 aliphatic heterocycles. The summed E-state index contributed by atoms with van der Waals surface area (Å²) in [5, 5.41) is 24.2. The molecule has 51 heavy (non-hydrogen) atoms. The highest BCUT2D eigenvalue weighted by molar-refractivity contribution is 5.90. The average Bonchev–Trinajstić information content (AvgIpc) is 4.00. The first-order valence-corrected chi connectivity index (χ1v) is 17.6. The van der Waals surface area contributed by atoms with E-state index in [0.717, 1.165) is 48.7 Å². The lowest BCUT2D eigenvalue weighted by atomic mass is 9.95. The highest BCUT2D eigenvalue weighted by Crippen LogP contribution is 2.44. The Kier molecular flexibility index (Phi) is 9.31. The molecule has 1 fully saturated rings. The van der Waals surface area contributed by atoms with Gasteiger partial charge in [0, 0.05) is 61.7 Å². The van der Waals surface area contributed by atoms with Gasteiger partial charge in [-0.05, 0) is 47.6 Å². The zero-order valence-corrected chi connectivity index (χ0v) is 28.2. The summed E-state index contributed by atoms with van der Waals surface area (Å²) in [4.78, 5) is 27.9. The number of benzene rings is 3. The van der Waals surface area contributed by atoms with E-state index in [9.17, 15) is 15.0 Å². The van der Waals surface area contributed by atoms with Crippen LogP contribution in [0.5, 0.6) is 0 Å². The van der Waals surface area contributed by atoms with Crippen molar-refractivity contribution in [3.8, 4) is 22.5 Å². The van der Waals surface area contributed by atoms with E-state index in [1.54, 1.807) is 12.4 Å². The lowest BCUT2D eigenvalue weighted by molar-refractivity contribution is -0.117. The SMILES string of the molecule is O=C(CC1CCOCC1)Nc1ccc(C(O)CC2c3ccccc3-c3cncn32)cc1.OC(CC1c2ccccc2-c2cncn21)c1ncc[nH]1. The van der Waals surface area contributed by atoms with Crippen molar-refractivity contribution in [3.05, 3.63) is 133 Å². The van der Waals surface area contributed by atoms with Crippen LogP contribution in [0, 0.1) is 5.92 Å². The first kappa shape index (κ1) is 32.8. The van der Waals surface area contributed by atoms with E-state index in [-0.39, 0.29) is 18.0 Å². The summed E-state index contributed by atoms with van der Waals surface area (Å²) in [5.41, 5.74) is 8.63. The topological polar surface area (TPSA) is 143 Å². The van der Waals surface area contributed by atoms with Gasteiger partial charge in [-0.3, -0.25) is 4.79 Å². The Morgan fingerprint density at radius 2 is 1.41 bits per heavy atom. The van der Waals surface area contributed by atoms with Crippen LogP contribution in [0.15, 0.2) is 110 Å². The monoisotopic (exact) mass is 683 g/mol. The summed E-state index contributed by atoms with van der Waals surface area (Å²) in [6, 6.07) is 24.2. The quantitative estimate of drug-likeness (QED) is 0.134. The Hall–Kier alpha value is -5.36. The molecule has 0 spiro atoms. The predicted octanol–water partition coefficient (Wildman–Crippen LogP) is 6.63. The molecule has 4 N–H and O–H groups in total. The number of hydrogen-bond acceptors (Lipinski definition) is 7. The van der Waals surface area contributed by atoms with E-state index >= 15 is 0 Å². The van der Waals surface area contributed by atoms with E-state index < -0.39 is 12.2 Å². The van der Waals surface area contributed by atoms with E-state index in [0.29, 0.717) is 31.0 Å². The highest BCUT2D eigenvalue weighted by atomic mass is 16.5. The van der Waals surface area contributed by atoms with Gasteiger partial charge in [-0.25, -0.2) is 15.0 Å². The fraction of sp³-hybridized carbons (Fsp3) is 0.300. The number of aliphatic hydroxyl groups excluding tert-OH is 2. The maximum Gasteiger partial charge on any atom is 0.224 e. The Balaban J connectivity index is 0.000000161. The maximum absolute atomic E-state index is 12.3. The lowest BCUT2D eigenvalue weighted by Crippen LogP contribution is -2.22. The number of anilines is 1. The maximum atomic E-state index is 12.3. The number of aromatic amines is 1. The molecule has 0 bridgehead atoms. The summed E-state index contributed by atoms with van der Waals surface area (Å²) in [6.07, 6.45) is 13.1. The summed E-state index contributed by atoms with van der Waals surface area (Å²) >= 11 is 0. The summed E-state index contributed by atoms with van der Waals surface area (Å²) in [7, 11) is 0. The number of rotatable bonds is 9. The largest absolute Gasteiger partial charge is 0.388 e. The van der Waals surface area contributed by atoms with Crippen LogP contribution in [0.2, 0.25) is 0 Å². The van der Waals surface area contributed by atoms with Gasteiger partial charge in [0.2, 0.25) is 5.91 Å². The number of nitrogens with one attached hydrogen (secondary N) is 2. The average molecular weight is 684 g/mol. The van der Waals surface area contributed by atoms with Crippen molar-refractivity contribution in [2.75, 3.05) is 18.5 Å². The van der Waals surface area contributed by atoms with Crippen molar-refractivity contribution in [1.29, 1.82) is 0 Å². The van der Waals surface area contributed by atoms with Gasteiger partial charge >= 0.3 is 0 Å². The minimum atomic E-state index is -0.614. The van der Waals surface area contributed by atoms with Crippen molar-refractivity contribution in [2.45, 2.75) is 56.4 Å². The van der Waals surface area contributed by atoms with Crippen LogP contribution >= 0.6 is 0 Å². The number of nitrogens with zero attached hydrogens (tertiary/aromatic N) is 5. The molecule has 3 aliphatic rings. The molecule has 4 unspecified atom stereocenters. The first-order valence-electron chi connectivity index (χ1n) is 17.6. The summed E-state index contributed by atoms with van der Waals surface area (Å²) in [6.45, 7) is 1.49. The second-order valence-electron chi connectivity index (χ2n) is 13.5. The Morgan fingerprint density at radius 3 is 2.00 bits per heavy atom. The summed E-state index contributed by atoms with van der Waals surface area (Å²) in [5.74, 6) is 1.05. The van der Waals surface area contributed by atoms with Crippen LogP contribution in [-0.4, -0.2) is 58.4 Å². The minimum absolute atomic E-state index is 0.0374. The van der Waals surface area contributed by atoms with Crippen molar-refractivity contribution in [3.63, 3.8) is 0 Å². The molecule has 9 rings (SSSR count). The van der Waals surface area contributed by atoms with Crippen LogP contribution < -0.4 is 5.32 Å². The minimum Gasteiger partial charge on any atom is -0.388 e. The number of ether oxygens (including phenoxy) is 1. The van der Waals surface area contributed by atoms with Crippen LogP contribution in [0.3, 0.4) is 0 Å². The van der Waals surface area contributed by atoms with Crippen molar-refractivity contribution in [1.82, 2.24) is 29.1 Å². The van der Waals surface area contributed by atoms with Gasteiger partial charge < -0.3 is 34.4 Å². The Morgan fingerprint density at radius 1 is 0.824 bits per heavy atom. The molecule has 0 saturated carbocycles. The third kappa shape index (κ3) is 6.75. The molecule has 6 heterocycles. The molecule has 4 atom stereocenters. The van der Waals surface area contributed by atoms with Crippen LogP contribution in [-0.2, 0) is 9.53 Å². The zero-order valence-electron chi connectivity index (χ0n) is 28.2. The normalized spacial score (nSPS) is 18.5. The zero-order chi connectivity index (χ0) is 34.7. The molecular weight excluding hydrogens is 642 g/mol. The molecule has 1 saturated heterocycles. The van der Waals surface area contributed by atoms with E-state index in [1.165, 1.54) is 22.3 Å². The molecule has 3 aromatic carbocycles. The molecule has 11 heteroatoms. The summed E-state index contributed by atoms with van der Waals surface area (Å²) < 4.78 is 9.62. The van der Waals surface area contributed by atoms with Crippen LogP contribution in [0.1, 0.15) is 78.9 Å². The number of amides is 1. The number of carbonyl (C=O) groups excluding carboxylic acids is 1. The van der Waals surface area contributed by atoms with Crippen molar-refractivity contribution >= 4 is 11.6 Å². The number of carbonyl (C=O) groups is 1. The number of hydrogen-bond donors (Lipinski definition) is 4. The molecule has 1 amide bonds. The van der Waals surface area contributed by atoms with E-state index in [2.05, 4.69) is 58.7 Å². The third-order valence-electron chi connectivity index (χ3n) is 10.3. The van der Waals surface area contributed by atoms with Crippen molar-refractivity contribution < 1.29 is 19.7 Å². The van der Waals surface area contributed by atoms with Gasteiger partial charge in [0.25, 0.3) is 0 Å². The highest BCUT2D eigenvalue weighted by Gasteiger charge is 2.31. The molecule has 3 aromatic heterocycles. The number of H-pyrrole nitrogens is 1. The number of aliphatic hydroxyl groups is 2.